The van der Waals surface area contributed by atoms with Crippen molar-refractivity contribution >= 4 is 39.8 Å². The number of fused-ring (bicyclic) bond motifs is 1. The van der Waals surface area contributed by atoms with Crippen molar-refractivity contribution in [2.75, 3.05) is 5.32 Å². The summed E-state index contributed by atoms with van der Waals surface area (Å²) in [6.45, 7) is 1.50. The SMILES string of the molecule is CC(=O)c1ccc(Nc2cnn(-c3nc4ccccc4n3C)c(=O)c2Cl)cc1. The van der Waals surface area contributed by atoms with Gasteiger partial charge < -0.3 is 9.88 Å². The number of Topliss-reactive ketones (excluding diaryl/α,β-unsaturated/α-hetero) is 1. The number of aromatic nitrogens is 4. The lowest BCUT2D eigenvalue weighted by Crippen LogP contribution is -2.24. The van der Waals surface area contributed by atoms with Gasteiger partial charge in [-0.25, -0.2) is 4.98 Å². The molecular formula is C20H16ClN5O2. The van der Waals surface area contributed by atoms with Gasteiger partial charge in [-0.05, 0) is 43.3 Å². The molecule has 0 amide bonds. The third-order valence-electron chi connectivity index (χ3n) is 4.44. The lowest BCUT2D eigenvalue weighted by Gasteiger charge is -2.10. The Morgan fingerprint density at radius 1 is 1.11 bits per heavy atom. The molecule has 0 saturated carbocycles. The number of benzene rings is 2. The molecular weight excluding hydrogens is 378 g/mol. The van der Waals surface area contributed by atoms with Gasteiger partial charge in [-0.3, -0.25) is 9.59 Å². The Balaban J connectivity index is 1.71. The van der Waals surface area contributed by atoms with E-state index in [0.717, 1.165) is 11.0 Å². The normalized spacial score (nSPS) is 11.0. The molecule has 2 aromatic heterocycles. The number of carbonyl (C=O) groups excluding carboxylic acids is 1. The first kappa shape index (κ1) is 17.9. The average molecular weight is 394 g/mol. The van der Waals surface area contributed by atoms with Crippen LogP contribution < -0.4 is 10.9 Å². The third kappa shape index (κ3) is 3.05. The fraction of sp³-hybridized carbons (Fsp3) is 0.100. The van der Waals surface area contributed by atoms with Crippen LogP contribution in [-0.2, 0) is 7.05 Å². The minimum atomic E-state index is -0.481. The average Bonchev–Trinajstić information content (AvgIpc) is 3.03. The number of nitrogens with one attached hydrogen (secondary N) is 1. The van der Waals surface area contributed by atoms with Crippen molar-refractivity contribution in [3.05, 3.63) is 75.7 Å². The molecule has 28 heavy (non-hydrogen) atoms. The number of para-hydroxylation sites is 2. The van der Waals surface area contributed by atoms with E-state index in [1.54, 1.807) is 28.8 Å². The summed E-state index contributed by atoms with van der Waals surface area (Å²) in [6, 6.07) is 14.5. The first-order chi connectivity index (χ1) is 13.5. The highest BCUT2D eigenvalue weighted by Gasteiger charge is 2.16. The van der Waals surface area contributed by atoms with Crippen LogP contribution in [0.4, 0.5) is 11.4 Å². The Hall–Kier alpha value is -3.45. The maximum absolute atomic E-state index is 12.8. The van der Waals surface area contributed by atoms with Crippen molar-refractivity contribution in [3.63, 3.8) is 0 Å². The summed E-state index contributed by atoms with van der Waals surface area (Å²) in [4.78, 5) is 28.6. The fourth-order valence-corrected chi connectivity index (χ4v) is 3.10. The summed E-state index contributed by atoms with van der Waals surface area (Å²) in [7, 11) is 1.81. The number of hydrogen-bond acceptors (Lipinski definition) is 5. The summed E-state index contributed by atoms with van der Waals surface area (Å²) >= 11 is 6.30. The summed E-state index contributed by atoms with van der Waals surface area (Å²) in [5.74, 6) is 0.363. The van der Waals surface area contributed by atoms with Gasteiger partial charge in [-0.1, -0.05) is 23.7 Å². The molecule has 0 aliphatic heterocycles. The van der Waals surface area contributed by atoms with E-state index >= 15 is 0 Å². The molecule has 0 aliphatic rings. The van der Waals surface area contributed by atoms with E-state index in [9.17, 15) is 9.59 Å². The highest BCUT2D eigenvalue weighted by atomic mass is 35.5. The molecule has 0 fully saturated rings. The quantitative estimate of drug-likeness (QED) is 0.534. The van der Waals surface area contributed by atoms with Crippen molar-refractivity contribution in [3.8, 4) is 5.95 Å². The molecule has 7 nitrogen and oxygen atoms in total. The molecule has 1 N–H and O–H groups in total. The second-order valence-corrected chi connectivity index (χ2v) is 6.69. The molecule has 0 saturated heterocycles. The van der Waals surface area contributed by atoms with Crippen molar-refractivity contribution < 1.29 is 4.79 Å². The Morgan fingerprint density at radius 2 is 1.82 bits per heavy atom. The number of halogens is 1. The van der Waals surface area contributed by atoms with Crippen molar-refractivity contribution in [2.24, 2.45) is 7.05 Å². The smallest absolute Gasteiger partial charge is 0.295 e. The van der Waals surface area contributed by atoms with Crippen molar-refractivity contribution in [2.45, 2.75) is 6.92 Å². The summed E-state index contributed by atoms with van der Waals surface area (Å²) in [5, 5.41) is 7.28. The molecule has 2 aromatic carbocycles. The van der Waals surface area contributed by atoms with Gasteiger partial charge in [0.2, 0.25) is 5.95 Å². The molecule has 0 atom stereocenters. The minimum Gasteiger partial charge on any atom is -0.353 e. The van der Waals surface area contributed by atoms with E-state index < -0.39 is 5.56 Å². The van der Waals surface area contributed by atoms with Crippen LogP contribution in [-0.4, -0.2) is 25.1 Å². The topological polar surface area (TPSA) is 81.8 Å². The summed E-state index contributed by atoms with van der Waals surface area (Å²) in [6.07, 6.45) is 1.47. The lowest BCUT2D eigenvalue weighted by molar-refractivity contribution is 0.101. The van der Waals surface area contributed by atoms with E-state index in [1.165, 1.54) is 17.8 Å². The standard InChI is InChI=1S/C20H16ClN5O2/c1-12(27)13-7-9-14(10-8-13)23-16-11-22-26(19(28)18(16)21)20-24-15-5-3-4-6-17(15)25(20)2/h3-11,23H,1-2H3. The van der Waals surface area contributed by atoms with E-state index in [2.05, 4.69) is 15.4 Å². The van der Waals surface area contributed by atoms with E-state index in [0.29, 0.717) is 22.9 Å². The molecule has 0 aliphatic carbocycles. The highest BCUT2D eigenvalue weighted by Crippen LogP contribution is 2.23. The monoisotopic (exact) mass is 393 g/mol. The van der Waals surface area contributed by atoms with E-state index in [-0.39, 0.29) is 10.8 Å². The Kier molecular flexibility index (Phi) is 4.44. The highest BCUT2D eigenvalue weighted by molar-refractivity contribution is 6.33. The molecule has 8 heteroatoms. The fourth-order valence-electron chi connectivity index (χ4n) is 2.93. The number of aryl methyl sites for hydroxylation is 1. The van der Waals surface area contributed by atoms with Crippen molar-refractivity contribution in [1.29, 1.82) is 0 Å². The number of hydrogen-bond donors (Lipinski definition) is 1. The Morgan fingerprint density at radius 3 is 2.50 bits per heavy atom. The lowest BCUT2D eigenvalue weighted by atomic mass is 10.1. The molecule has 0 spiro atoms. The van der Waals surface area contributed by atoms with Gasteiger partial charge in [0.15, 0.2) is 5.78 Å². The summed E-state index contributed by atoms with van der Waals surface area (Å²) < 4.78 is 2.96. The molecule has 0 unspecified atom stereocenters. The molecule has 4 aromatic rings. The molecule has 0 radical (unpaired) electrons. The van der Waals surface area contributed by atoms with Gasteiger partial charge in [-0.2, -0.15) is 9.78 Å². The number of nitrogens with zero attached hydrogens (tertiary/aromatic N) is 4. The predicted molar refractivity (Wildman–Crippen MR) is 109 cm³/mol. The van der Waals surface area contributed by atoms with Crippen LogP contribution in [0.15, 0.2) is 59.5 Å². The van der Waals surface area contributed by atoms with Gasteiger partial charge in [0.25, 0.3) is 5.56 Å². The van der Waals surface area contributed by atoms with E-state index in [4.69, 9.17) is 11.6 Å². The first-order valence-corrected chi connectivity index (χ1v) is 8.91. The Labute approximate surface area is 165 Å². The number of ketones is 1. The zero-order valence-electron chi connectivity index (χ0n) is 15.2. The van der Waals surface area contributed by atoms with Crippen LogP contribution in [0, 0.1) is 0 Å². The molecule has 2 heterocycles. The molecule has 0 bridgehead atoms. The minimum absolute atomic E-state index is 0.00213. The largest absolute Gasteiger partial charge is 0.353 e. The maximum atomic E-state index is 12.8. The second kappa shape index (κ2) is 6.94. The number of rotatable bonds is 4. The maximum Gasteiger partial charge on any atom is 0.295 e. The van der Waals surface area contributed by atoms with Gasteiger partial charge >= 0.3 is 0 Å². The van der Waals surface area contributed by atoms with Crippen molar-refractivity contribution in [1.82, 2.24) is 19.3 Å². The van der Waals surface area contributed by atoms with Crippen LogP contribution >= 0.6 is 11.6 Å². The number of carbonyl (C=O) groups is 1. The first-order valence-electron chi connectivity index (χ1n) is 8.53. The number of anilines is 2. The molecule has 140 valence electrons. The zero-order chi connectivity index (χ0) is 19.8. The summed E-state index contributed by atoms with van der Waals surface area (Å²) in [5.41, 5.74) is 2.83. The third-order valence-corrected chi connectivity index (χ3v) is 4.81. The predicted octanol–water partition coefficient (Wildman–Crippen LogP) is 3.72. The number of imidazole rings is 1. The van der Waals surface area contributed by atoms with Crippen LogP contribution in [0.1, 0.15) is 17.3 Å². The van der Waals surface area contributed by atoms with E-state index in [1.807, 2.05) is 31.3 Å². The second-order valence-electron chi connectivity index (χ2n) is 6.31. The van der Waals surface area contributed by atoms with Crippen LogP contribution in [0.25, 0.3) is 17.0 Å². The van der Waals surface area contributed by atoms with Gasteiger partial charge in [0.05, 0.1) is 22.9 Å². The Bertz CT molecular complexity index is 1260. The van der Waals surface area contributed by atoms with Gasteiger partial charge in [-0.15, -0.1) is 0 Å². The van der Waals surface area contributed by atoms with Gasteiger partial charge in [0, 0.05) is 18.3 Å². The van der Waals surface area contributed by atoms with Crippen LogP contribution in [0.2, 0.25) is 5.02 Å². The zero-order valence-corrected chi connectivity index (χ0v) is 15.9. The van der Waals surface area contributed by atoms with Gasteiger partial charge in [0.1, 0.15) is 5.02 Å². The molecule has 4 rings (SSSR count). The van der Waals surface area contributed by atoms with Crippen LogP contribution in [0.3, 0.4) is 0 Å². The van der Waals surface area contributed by atoms with Crippen LogP contribution in [0.5, 0.6) is 0 Å².